The van der Waals surface area contributed by atoms with Gasteiger partial charge >= 0.3 is 29.2 Å². The number of phosphoric acid groups is 3. The largest absolute Gasteiger partial charge is 0.490 e. The molecule has 1 saturated carbocycles. The van der Waals surface area contributed by atoms with Crippen molar-refractivity contribution in [2.75, 3.05) is 6.61 Å². The Morgan fingerprint density at radius 2 is 1.71 bits per heavy atom. The number of hydrogen-bond acceptors (Lipinski definition) is 11. The molecule has 7 N–H and O–H groups in total. The molecule has 0 spiro atoms. The van der Waals surface area contributed by atoms with Crippen LogP contribution in [0, 0.1) is 17.8 Å². The van der Waals surface area contributed by atoms with Crippen molar-refractivity contribution in [2.45, 2.75) is 43.8 Å². The summed E-state index contributed by atoms with van der Waals surface area (Å²) >= 11 is 0. The highest BCUT2D eigenvalue weighted by atomic mass is 31.3. The first kappa shape index (κ1) is 28.1. The first-order valence-corrected chi connectivity index (χ1v) is 14.2. The van der Waals surface area contributed by atoms with Crippen molar-refractivity contribution in [3.8, 4) is 11.8 Å². The van der Waals surface area contributed by atoms with Gasteiger partial charge in [0.1, 0.15) is 24.4 Å². The Balaban J connectivity index is 1.69. The van der Waals surface area contributed by atoms with Crippen LogP contribution in [0.1, 0.15) is 24.5 Å². The number of ether oxygens (including phenoxy) is 1. The van der Waals surface area contributed by atoms with E-state index >= 15 is 0 Å². The van der Waals surface area contributed by atoms with Gasteiger partial charge in [-0.3, -0.25) is 18.9 Å². The minimum Gasteiger partial charge on any atom is -0.387 e. The van der Waals surface area contributed by atoms with Crippen molar-refractivity contribution in [1.82, 2.24) is 9.55 Å². The van der Waals surface area contributed by atoms with Gasteiger partial charge in [0.25, 0.3) is 5.56 Å². The average molecular weight is 562 g/mol. The maximum atomic E-state index is 12.3. The fourth-order valence-electron chi connectivity index (χ4n) is 2.96. The zero-order chi connectivity index (χ0) is 26.2. The summed E-state index contributed by atoms with van der Waals surface area (Å²) in [4.78, 5) is 62.0. The van der Waals surface area contributed by atoms with Gasteiger partial charge in [0.2, 0.25) is 0 Å². The van der Waals surface area contributed by atoms with Crippen molar-refractivity contribution >= 4 is 23.5 Å². The number of aromatic nitrogens is 2. The van der Waals surface area contributed by atoms with Crippen LogP contribution in [0.5, 0.6) is 0 Å². The second-order valence-corrected chi connectivity index (χ2v) is 12.0. The number of aliphatic hydroxyl groups is 2. The third-order valence-electron chi connectivity index (χ3n) is 4.66. The van der Waals surface area contributed by atoms with Crippen molar-refractivity contribution in [2.24, 2.45) is 5.92 Å². The molecule has 0 radical (unpaired) electrons. The number of nitrogens with zero attached hydrogens (tertiary/aromatic N) is 1. The Labute approximate surface area is 195 Å². The Bertz CT molecular complexity index is 1270. The highest BCUT2D eigenvalue weighted by Gasteiger charge is 2.47. The lowest BCUT2D eigenvalue weighted by atomic mass is 10.0. The molecule has 2 fully saturated rings. The van der Waals surface area contributed by atoms with Crippen LogP contribution in [-0.2, 0) is 38.1 Å². The molecule has 20 heteroatoms. The first-order valence-electron chi connectivity index (χ1n) is 9.69. The van der Waals surface area contributed by atoms with Gasteiger partial charge in [0.05, 0.1) is 18.7 Å². The predicted molar refractivity (Wildman–Crippen MR) is 111 cm³/mol. The van der Waals surface area contributed by atoms with E-state index in [0.717, 1.165) is 23.6 Å². The van der Waals surface area contributed by atoms with Crippen molar-refractivity contribution in [3.05, 3.63) is 32.6 Å². The summed E-state index contributed by atoms with van der Waals surface area (Å²) < 4.78 is 51.7. The molecule has 1 aliphatic heterocycles. The summed E-state index contributed by atoms with van der Waals surface area (Å²) in [6.45, 7) is -1.12. The van der Waals surface area contributed by atoms with E-state index in [9.17, 15) is 38.4 Å². The molecule has 2 aliphatic rings. The Hall–Kier alpha value is -1.47. The van der Waals surface area contributed by atoms with E-state index in [1.54, 1.807) is 0 Å². The number of hydrogen-bond donors (Lipinski definition) is 7. The van der Waals surface area contributed by atoms with Gasteiger partial charge in [-0.15, -0.1) is 0 Å². The summed E-state index contributed by atoms with van der Waals surface area (Å²) in [6, 6.07) is 0. The molecule has 1 aromatic rings. The average Bonchev–Trinajstić information content (AvgIpc) is 3.46. The lowest BCUT2D eigenvalue weighted by Crippen LogP contribution is -2.36. The number of rotatable bonds is 9. The van der Waals surface area contributed by atoms with E-state index in [4.69, 9.17) is 19.4 Å². The normalized spacial score (nSPS) is 28.1. The number of phosphoric ester groups is 1. The standard InChI is InChI=1S/C15H21N2O15P3/c18-11-10(7-29-34(25,26)32-35(27,28)31-33(22,23)24)30-13(12(11)19)9-6-17(15(21)16-14(9)20)5-1-2-8-3-4-8/h6,8,10-13,18-19H,3-5,7H2,(H,25,26)(H,27,28)(H,16,20,21)(H2,22,23,24)/t10-,11-,12-,13+/m1/s1. The number of nitrogens with one attached hydrogen (secondary N) is 1. The number of H-pyrrole nitrogens is 1. The first-order chi connectivity index (χ1) is 16.1. The van der Waals surface area contributed by atoms with Gasteiger partial charge in [-0.1, -0.05) is 11.8 Å². The molecule has 2 unspecified atom stereocenters. The van der Waals surface area contributed by atoms with Gasteiger partial charge in [0.15, 0.2) is 0 Å². The molecule has 1 aromatic heterocycles. The Kier molecular flexibility index (Phi) is 8.42. The quantitative estimate of drug-likeness (QED) is 0.133. The van der Waals surface area contributed by atoms with E-state index < -0.39 is 65.7 Å². The maximum absolute atomic E-state index is 12.3. The van der Waals surface area contributed by atoms with Crippen LogP contribution in [0.3, 0.4) is 0 Å². The molecule has 0 bridgehead atoms. The second-order valence-electron chi connectivity index (χ2n) is 7.53. The molecule has 196 valence electrons. The van der Waals surface area contributed by atoms with E-state index in [1.807, 2.05) is 4.98 Å². The highest BCUT2D eigenvalue weighted by Crippen LogP contribution is 2.66. The number of aliphatic hydroxyl groups excluding tert-OH is 2. The summed E-state index contributed by atoms with van der Waals surface area (Å²) in [5.41, 5.74) is -1.99. The Morgan fingerprint density at radius 1 is 1.06 bits per heavy atom. The van der Waals surface area contributed by atoms with Crippen molar-refractivity contribution in [1.29, 1.82) is 0 Å². The van der Waals surface area contributed by atoms with Crippen LogP contribution in [0.2, 0.25) is 0 Å². The minimum absolute atomic E-state index is 0.0695. The lowest BCUT2D eigenvalue weighted by Gasteiger charge is -2.19. The molecule has 6 atom stereocenters. The minimum atomic E-state index is -5.76. The molecule has 35 heavy (non-hydrogen) atoms. The van der Waals surface area contributed by atoms with Gasteiger partial charge in [0, 0.05) is 12.1 Å². The highest BCUT2D eigenvalue weighted by molar-refractivity contribution is 7.66. The van der Waals surface area contributed by atoms with Crippen LogP contribution in [-0.4, -0.2) is 64.3 Å². The molecular formula is C15H21N2O15P3. The van der Waals surface area contributed by atoms with Crippen molar-refractivity contribution in [3.63, 3.8) is 0 Å². The fourth-order valence-corrected chi connectivity index (χ4v) is 5.99. The predicted octanol–water partition coefficient (Wildman–Crippen LogP) is -1.55. The van der Waals surface area contributed by atoms with E-state index in [-0.39, 0.29) is 18.0 Å². The monoisotopic (exact) mass is 562 g/mol. The molecule has 2 heterocycles. The fraction of sp³-hybridized carbons (Fsp3) is 0.600. The van der Waals surface area contributed by atoms with Crippen LogP contribution >= 0.6 is 23.5 Å². The zero-order valence-electron chi connectivity index (χ0n) is 17.4. The topological polar surface area (TPSA) is 264 Å². The number of aromatic amines is 1. The third-order valence-corrected chi connectivity index (χ3v) is 8.46. The summed E-state index contributed by atoms with van der Waals surface area (Å²) in [5, 5.41) is 20.5. The van der Waals surface area contributed by atoms with Gasteiger partial charge in [-0.2, -0.15) is 8.62 Å². The van der Waals surface area contributed by atoms with Crippen LogP contribution in [0.25, 0.3) is 0 Å². The maximum Gasteiger partial charge on any atom is 0.490 e. The molecule has 1 aliphatic carbocycles. The van der Waals surface area contributed by atoms with Gasteiger partial charge in [-0.25, -0.2) is 18.5 Å². The molecule has 17 nitrogen and oxygen atoms in total. The Morgan fingerprint density at radius 3 is 2.31 bits per heavy atom. The molecule has 3 rings (SSSR count). The van der Waals surface area contributed by atoms with E-state index in [0.29, 0.717) is 0 Å². The molecule has 1 saturated heterocycles. The SMILES string of the molecule is O=c1[nH]c(=O)n(CC#CC2CC2)cc1[C@@H]1O[C@H](COP(=O)(O)OP(=O)(O)OP(=O)(O)O)[C@@H](O)[C@H]1O. The smallest absolute Gasteiger partial charge is 0.387 e. The van der Waals surface area contributed by atoms with Crippen LogP contribution in [0.15, 0.2) is 15.8 Å². The van der Waals surface area contributed by atoms with Crippen LogP contribution in [0.4, 0.5) is 0 Å². The lowest BCUT2D eigenvalue weighted by molar-refractivity contribution is -0.0228. The van der Waals surface area contributed by atoms with E-state index in [1.165, 1.54) is 0 Å². The zero-order valence-corrected chi connectivity index (χ0v) is 20.1. The summed E-state index contributed by atoms with van der Waals surface area (Å²) in [5.74, 6) is 5.97. The van der Waals surface area contributed by atoms with Gasteiger partial charge in [-0.05, 0) is 12.8 Å². The van der Waals surface area contributed by atoms with E-state index in [2.05, 4.69) is 25.0 Å². The van der Waals surface area contributed by atoms with Crippen molar-refractivity contribution < 1.29 is 61.4 Å². The molecule has 0 aromatic carbocycles. The molecule has 0 amide bonds. The molecular weight excluding hydrogens is 541 g/mol. The van der Waals surface area contributed by atoms with Gasteiger partial charge < -0.3 is 34.5 Å². The summed E-state index contributed by atoms with van der Waals surface area (Å²) in [6.07, 6.45) is -3.69. The second kappa shape index (κ2) is 10.5. The summed E-state index contributed by atoms with van der Waals surface area (Å²) in [7, 11) is -16.9. The third kappa shape index (κ3) is 8.01. The van der Waals surface area contributed by atoms with Crippen LogP contribution < -0.4 is 11.2 Å².